The highest BCUT2D eigenvalue weighted by atomic mass is 15.2. The Labute approximate surface area is 545 Å². The second kappa shape index (κ2) is 22.7. The van der Waals surface area contributed by atoms with Crippen molar-refractivity contribution in [2.45, 2.75) is 26.2 Å². The van der Waals surface area contributed by atoms with Crippen molar-refractivity contribution < 1.29 is 0 Å². The van der Waals surface area contributed by atoms with Crippen LogP contribution in [0.5, 0.6) is 0 Å². The Kier molecular flexibility index (Phi) is 13.5. The van der Waals surface area contributed by atoms with Crippen molar-refractivity contribution in [2.75, 3.05) is 19.6 Å². The minimum atomic E-state index is -0.189. The van der Waals surface area contributed by atoms with Crippen LogP contribution in [0.2, 0.25) is 0 Å². The molecule has 93 heavy (non-hydrogen) atoms. The molecular formula is C88H65BN4. The van der Waals surface area contributed by atoms with Crippen molar-refractivity contribution in [1.82, 2.24) is 0 Å². The number of nitrogens with zero attached hydrogens (tertiary/aromatic N) is 4. The summed E-state index contributed by atoms with van der Waals surface area (Å²) in [4.78, 5) is 10.0. The van der Waals surface area contributed by atoms with Crippen LogP contribution in [0.15, 0.2) is 340 Å². The molecule has 0 aliphatic carbocycles. The molecular weight excluding hydrogens is 1120 g/mol. The molecule has 5 heteroatoms. The molecule has 0 saturated heterocycles. The molecule has 0 amide bonds. The normalized spacial score (nSPS) is 12.4. The Hall–Kier alpha value is -11.7. The second-order valence-corrected chi connectivity index (χ2v) is 25.7. The van der Waals surface area contributed by atoms with Crippen LogP contribution in [0.1, 0.15) is 26.3 Å². The van der Waals surface area contributed by atoms with Crippen LogP contribution < -0.4 is 36.0 Å². The average Bonchev–Trinajstić information content (AvgIpc) is 1.68. The molecule has 3 heterocycles. The van der Waals surface area contributed by atoms with Gasteiger partial charge < -0.3 is 19.6 Å². The molecule has 0 saturated carbocycles. The van der Waals surface area contributed by atoms with Crippen molar-refractivity contribution in [3.05, 3.63) is 345 Å². The zero-order valence-electron chi connectivity index (χ0n) is 52.2. The molecule has 14 aromatic carbocycles. The number of fused-ring (bicyclic) bond motifs is 9. The van der Waals surface area contributed by atoms with Gasteiger partial charge in [-0.15, -0.1) is 0 Å². The fraction of sp³-hybridized carbons (Fsp3) is 0.0455. The van der Waals surface area contributed by atoms with E-state index in [0.29, 0.717) is 0 Å². The fourth-order valence-corrected chi connectivity index (χ4v) is 14.6. The summed E-state index contributed by atoms with van der Waals surface area (Å²) < 4.78 is 0. The molecule has 3 aliphatic rings. The zero-order valence-corrected chi connectivity index (χ0v) is 52.2. The maximum atomic E-state index is 2.65. The van der Waals surface area contributed by atoms with Gasteiger partial charge >= 0.3 is 0 Å². The number of hydrogen-bond acceptors (Lipinski definition) is 4. The zero-order chi connectivity index (χ0) is 62.2. The van der Waals surface area contributed by atoms with Crippen LogP contribution in [0.25, 0.3) is 66.8 Å². The first-order valence-electron chi connectivity index (χ1n) is 32.3. The first kappa shape index (κ1) is 55.4. The summed E-state index contributed by atoms with van der Waals surface area (Å²) in [6.07, 6.45) is 0. The SMILES string of the molecule is CC(C)(C)c1ccc(-c2ccc(N3c4cc(-c5ccc(N(c6ccccc6)c6ccccc6)cc5)ccc4B4c5cc(-c6ccccc6)cc6c5N(c5ccc(-c7ccccc7)cc5-c5ccccc5-6)c5cc(N(c6ccccc6)c6ccccc6)cc3c54)cc2)cc1. The summed E-state index contributed by atoms with van der Waals surface area (Å²) in [5.74, 6) is 0. The number of benzene rings is 14. The molecule has 0 N–H and O–H groups in total. The molecule has 3 aliphatic heterocycles. The molecule has 4 nitrogen and oxygen atoms in total. The van der Waals surface area contributed by atoms with E-state index < -0.39 is 0 Å². The lowest BCUT2D eigenvalue weighted by Crippen LogP contribution is -2.61. The summed E-state index contributed by atoms with van der Waals surface area (Å²) >= 11 is 0. The fourth-order valence-electron chi connectivity index (χ4n) is 14.6. The minimum Gasteiger partial charge on any atom is -0.311 e. The predicted octanol–water partition coefficient (Wildman–Crippen LogP) is 22.3. The van der Waals surface area contributed by atoms with Crippen LogP contribution >= 0.6 is 0 Å². The van der Waals surface area contributed by atoms with E-state index in [4.69, 9.17) is 0 Å². The number of rotatable bonds is 11. The predicted molar refractivity (Wildman–Crippen MR) is 395 cm³/mol. The average molecular weight is 1190 g/mol. The van der Waals surface area contributed by atoms with Gasteiger partial charge in [-0.05, 0) is 192 Å². The summed E-state index contributed by atoms with van der Waals surface area (Å²) in [6, 6.07) is 126. The smallest absolute Gasteiger partial charge is 0.252 e. The van der Waals surface area contributed by atoms with Crippen LogP contribution in [0.4, 0.5) is 68.2 Å². The number of hydrogen-bond donors (Lipinski definition) is 0. The van der Waals surface area contributed by atoms with Gasteiger partial charge in [-0.1, -0.05) is 251 Å². The van der Waals surface area contributed by atoms with Gasteiger partial charge in [0.25, 0.3) is 6.71 Å². The van der Waals surface area contributed by atoms with Crippen LogP contribution in [-0.2, 0) is 5.41 Å². The van der Waals surface area contributed by atoms with Gasteiger partial charge in [-0.2, -0.15) is 0 Å². The minimum absolute atomic E-state index is 0.0490. The van der Waals surface area contributed by atoms with Gasteiger partial charge in [0.05, 0.1) is 11.4 Å². The molecule has 440 valence electrons. The van der Waals surface area contributed by atoms with E-state index in [1.54, 1.807) is 0 Å². The molecule has 0 bridgehead atoms. The summed E-state index contributed by atoms with van der Waals surface area (Å²) in [6.45, 7) is 6.65. The molecule has 0 radical (unpaired) electrons. The Morgan fingerprint density at radius 2 is 0.656 bits per heavy atom. The first-order valence-corrected chi connectivity index (χ1v) is 32.3. The lowest BCUT2D eigenvalue weighted by Gasteiger charge is -2.45. The maximum absolute atomic E-state index is 2.65. The molecule has 0 fully saturated rings. The molecule has 17 rings (SSSR count). The van der Waals surface area contributed by atoms with Crippen LogP contribution in [0, 0.1) is 0 Å². The second-order valence-electron chi connectivity index (χ2n) is 25.7. The standard InChI is InChI=1S/C88H65BN4/c1-88(2,3)68-46-38-62(39-47-68)63-40-50-74(51-41-63)92-83-57-66(64-42-48-73(49-43-64)90(69-28-14-6-15-29-69)70-30-16-7-17-31-70)44-52-80(83)89-81-56-67(61-26-12-5-13-27-61)55-79-77-37-23-22-36-76(77)78-54-65(60-24-10-4-11-25-60)45-53-82(78)93(87(79)81)85-59-75(58-84(92)86(85)89)91(71-32-18-8-19-33-71)72-34-20-9-21-35-72/h4-59H,1-3H3. The van der Waals surface area contributed by atoms with Crippen molar-refractivity contribution in [1.29, 1.82) is 0 Å². The van der Waals surface area contributed by atoms with Crippen molar-refractivity contribution >= 4 is 91.3 Å². The van der Waals surface area contributed by atoms with Crippen molar-refractivity contribution in [2.24, 2.45) is 0 Å². The van der Waals surface area contributed by atoms with Gasteiger partial charge in [0.1, 0.15) is 0 Å². The van der Waals surface area contributed by atoms with E-state index in [0.717, 1.165) is 73.7 Å². The van der Waals surface area contributed by atoms with E-state index in [2.05, 4.69) is 380 Å². The van der Waals surface area contributed by atoms with Gasteiger partial charge in [-0.3, -0.25) is 0 Å². The lowest BCUT2D eigenvalue weighted by molar-refractivity contribution is 0.590. The van der Waals surface area contributed by atoms with Gasteiger partial charge in [-0.25, -0.2) is 0 Å². The van der Waals surface area contributed by atoms with E-state index >= 15 is 0 Å². The molecule has 0 aromatic heterocycles. The summed E-state index contributed by atoms with van der Waals surface area (Å²) in [7, 11) is 0. The topological polar surface area (TPSA) is 13.0 Å². The first-order chi connectivity index (χ1) is 45.8. The van der Waals surface area contributed by atoms with Crippen LogP contribution in [-0.4, -0.2) is 6.71 Å². The largest absolute Gasteiger partial charge is 0.311 e. The third kappa shape index (κ3) is 9.71. The molecule has 0 atom stereocenters. The summed E-state index contributed by atoms with van der Waals surface area (Å²) in [5.41, 5.74) is 32.5. The van der Waals surface area contributed by atoms with Gasteiger partial charge in [0.2, 0.25) is 0 Å². The third-order valence-corrected chi connectivity index (χ3v) is 19.1. The molecule has 0 spiro atoms. The van der Waals surface area contributed by atoms with Crippen LogP contribution in [0.3, 0.4) is 0 Å². The summed E-state index contributed by atoms with van der Waals surface area (Å²) in [5, 5.41) is 0. The highest BCUT2D eigenvalue weighted by molar-refractivity contribution is 7.00. The van der Waals surface area contributed by atoms with E-state index in [1.165, 1.54) is 83.3 Å². The Morgan fingerprint density at radius 3 is 1.20 bits per heavy atom. The van der Waals surface area contributed by atoms with E-state index in [9.17, 15) is 0 Å². The van der Waals surface area contributed by atoms with Gasteiger partial charge in [0.15, 0.2) is 0 Å². The quantitative estimate of drug-likeness (QED) is 0.120. The van der Waals surface area contributed by atoms with Crippen molar-refractivity contribution in [3.8, 4) is 66.8 Å². The number of anilines is 12. The molecule has 14 aromatic rings. The third-order valence-electron chi connectivity index (χ3n) is 19.1. The van der Waals surface area contributed by atoms with Crippen molar-refractivity contribution in [3.63, 3.8) is 0 Å². The highest BCUT2D eigenvalue weighted by Crippen LogP contribution is 2.56. The van der Waals surface area contributed by atoms with Gasteiger partial charge in [0, 0.05) is 68.0 Å². The Morgan fingerprint density at radius 1 is 0.258 bits per heavy atom. The lowest BCUT2D eigenvalue weighted by atomic mass is 9.33. The van der Waals surface area contributed by atoms with E-state index in [1.807, 2.05) is 0 Å². The number of para-hydroxylation sites is 4. The highest BCUT2D eigenvalue weighted by Gasteiger charge is 2.46. The molecule has 0 unspecified atom stereocenters. The monoisotopic (exact) mass is 1190 g/mol. The maximum Gasteiger partial charge on any atom is 0.252 e. The Balaban J connectivity index is 0.952. The Bertz CT molecular complexity index is 5010. The van der Waals surface area contributed by atoms with E-state index in [-0.39, 0.29) is 12.1 Å².